The number of hydrogen-bond acceptors (Lipinski definition) is 7. The Morgan fingerprint density at radius 1 is 1.06 bits per heavy atom. The molecule has 7 rings (SSSR count). The van der Waals surface area contributed by atoms with Crippen molar-refractivity contribution in [1.29, 1.82) is 0 Å². The number of H-pyrrole nitrogens is 2. The first-order valence-corrected chi connectivity index (χ1v) is 12.2. The lowest BCUT2D eigenvalue weighted by Gasteiger charge is -2.06. The molecule has 1 amide bonds. The second-order valence-electron chi connectivity index (χ2n) is 8.66. The number of hydrogen-bond donors (Lipinski definition) is 3. The molecule has 0 bridgehead atoms. The Bertz CT molecular complexity index is 1780. The molecule has 0 spiro atoms. The number of thiophene rings is 1. The van der Waals surface area contributed by atoms with Crippen LogP contribution < -0.4 is 5.32 Å². The number of anilines is 1. The third-order valence-corrected chi connectivity index (χ3v) is 7.02. The fourth-order valence-corrected chi connectivity index (χ4v) is 4.90. The van der Waals surface area contributed by atoms with Crippen molar-refractivity contribution in [3.05, 3.63) is 60.3 Å². The van der Waals surface area contributed by atoms with E-state index in [9.17, 15) is 9.18 Å². The fraction of sp³-hybridized carbons (Fsp3) is 0.120. The number of carbonyl (C=O) groups excluding carboxylic acids is 1. The smallest absolute Gasteiger partial charge is 0.227 e. The van der Waals surface area contributed by atoms with Crippen LogP contribution in [0.1, 0.15) is 12.8 Å². The highest BCUT2D eigenvalue weighted by Crippen LogP contribution is 2.34. The van der Waals surface area contributed by atoms with Gasteiger partial charge in [0.2, 0.25) is 5.91 Å². The summed E-state index contributed by atoms with van der Waals surface area (Å²) in [4.78, 5) is 34.2. The van der Waals surface area contributed by atoms with Crippen molar-refractivity contribution in [2.24, 2.45) is 5.92 Å². The largest absolute Gasteiger partial charge is 0.336 e. The summed E-state index contributed by atoms with van der Waals surface area (Å²) >= 11 is 1.03. The van der Waals surface area contributed by atoms with Crippen molar-refractivity contribution in [1.82, 2.24) is 35.1 Å². The van der Waals surface area contributed by atoms with Crippen LogP contribution in [0.15, 0.2) is 55.1 Å². The van der Waals surface area contributed by atoms with E-state index in [1.54, 1.807) is 30.9 Å². The van der Waals surface area contributed by atoms with Gasteiger partial charge >= 0.3 is 0 Å². The number of pyridine rings is 3. The number of halogens is 1. The molecule has 6 heterocycles. The molecule has 0 atom stereocenters. The molecule has 0 radical (unpaired) electrons. The number of fused-ring (bicyclic) bond motifs is 2. The zero-order valence-electron chi connectivity index (χ0n) is 18.6. The van der Waals surface area contributed by atoms with E-state index in [1.807, 2.05) is 18.2 Å². The van der Waals surface area contributed by atoms with Crippen molar-refractivity contribution >= 4 is 45.0 Å². The van der Waals surface area contributed by atoms with Gasteiger partial charge in [0, 0.05) is 35.6 Å². The zero-order chi connectivity index (χ0) is 24.2. The van der Waals surface area contributed by atoms with E-state index in [0.717, 1.165) is 46.2 Å². The Labute approximate surface area is 206 Å². The van der Waals surface area contributed by atoms with Crippen LogP contribution >= 0.6 is 11.3 Å². The minimum Gasteiger partial charge on any atom is -0.336 e. The van der Waals surface area contributed by atoms with Crippen molar-refractivity contribution in [2.45, 2.75) is 12.8 Å². The van der Waals surface area contributed by atoms with Gasteiger partial charge in [-0.15, -0.1) is 11.3 Å². The second kappa shape index (κ2) is 8.02. The van der Waals surface area contributed by atoms with Crippen LogP contribution in [0.3, 0.4) is 0 Å². The molecular formula is C25H17FN8OS. The predicted molar refractivity (Wildman–Crippen MR) is 135 cm³/mol. The first kappa shape index (κ1) is 20.8. The fourth-order valence-electron chi connectivity index (χ4n) is 4.17. The van der Waals surface area contributed by atoms with Gasteiger partial charge in [0.05, 0.1) is 27.7 Å². The molecule has 3 N–H and O–H groups in total. The summed E-state index contributed by atoms with van der Waals surface area (Å²) in [5, 5.41) is 10.8. The molecule has 6 aromatic heterocycles. The summed E-state index contributed by atoms with van der Waals surface area (Å²) in [5.41, 5.74) is 5.53. The standard InChI is InChI=1S/C25H17FN8OS/c26-19-4-3-18(36-19)22-21-17(5-6-28-22)31-24(32-21)20-16-8-14(10-29-23(16)34-33-20)13-7-15(11-27-9-13)30-25(35)12-1-2-12/h3-12H,1-2H2,(H,30,35)(H,31,32)(H,29,33,34). The number of aromatic amines is 2. The molecule has 1 aliphatic carbocycles. The lowest BCUT2D eigenvalue weighted by molar-refractivity contribution is -0.117. The summed E-state index contributed by atoms with van der Waals surface area (Å²) < 4.78 is 13.6. The molecule has 1 aliphatic rings. The first-order chi connectivity index (χ1) is 17.6. The van der Waals surface area contributed by atoms with Gasteiger partial charge in [-0.05, 0) is 43.2 Å². The molecule has 0 saturated heterocycles. The Balaban J connectivity index is 1.28. The minimum atomic E-state index is -0.276. The third kappa shape index (κ3) is 3.60. The molecule has 1 fully saturated rings. The van der Waals surface area contributed by atoms with Crippen LogP contribution in [0.25, 0.3) is 55.3 Å². The number of nitrogens with one attached hydrogen (secondary N) is 3. The molecular weight excluding hydrogens is 479 g/mol. The van der Waals surface area contributed by atoms with E-state index >= 15 is 0 Å². The van der Waals surface area contributed by atoms with Crippen molar-refractivity contribution < 1.29 is 9.18 Å². The molecule has 36 heavy (non-hydrogen) atoms. The van der Waals surface area contributed by atoms with Crippen molar-refractivity contribution in [3.63, 3.8) is 0 Å². The van der Waals surface area contributed by atoms with Gasteiger partial charge in [0.25, 0.3) is 0 Å². The van der Waals surface area contributed by atoms with Crippen LogP contribution in [0.2, 0.25) is 0 Å². The monoisotopic (exact) mass is 496 g/mol. The first-order valence-electron chi connectivity index (χ1n) is 11.3. The van der Waals surface area contributed by atoms with E-state index in [2.05, 4.69) is 35.5 Å². The normalized spacial score (nSPS) is 13.5. The average Bonchev–Trinajstić information content (AvgIpc) is 3.30. The maximum absolute atomic E-state index is 13.6. The summed E-state index contributed by atoms with van der Waals surface area (Å²) in [6, 6.07) is 8.79. The van der Waals surface area contributed by atoms with E-state index in [-0.39, 0.29) is 17.0 Å². The van der Waals surface area contributed by atoms with Gasteiger partial charge in [0.15, 0.2) is 16.6 Å². The van der Waals surface area contributed by atoms with Gasteiger partial charge < -0.3 is 10.3 Å². The maximum atomic E-state index is 13.6. The highest BCUT2D eigenvalue weighted by atomic mass is 32.1. The van der Waals surface area contributed by atoms with Crippen LogP contribution in [-0.2, 0) is 4.79 Å². The number of aromatic nitrogens is 7. The maximum Gasteiger partial charge on any atom is 0.227 e. The van der Waals surface area contributed by atoms with Crippen LogP contribution in [0.5, 0.6) is 0 Å². The molecule has 9 nitrogen and oxygen atoms in total. The summed E-state index contributed by atoms with van der Waals surface area (Å²) in [5.74, 6) is 0.687. The number of rotatable bonds is 5. The lowest BCUT2D eigenvalue weighted by Crippen LogP contribution is -2.13. The molecule has 0 aromatic carbocycles. The van der Waals surface area contributed by atoms with Gasteiger partial charge in [-0.2, -0.15) is 9.49 Å². The number of nitrogens with zero attached hydrogens (tertiary/aromatic N) is 5. The Hall–Kier alpha value is -4.51. The quantitative estimate of drug-likeness (QED) is 0.302. The van der Waals surface area contributed by atoms with Crippen LogP contribution in [0, 0.1) is 11.0 Å². The van der Waals surface area contributed by atoms with Gasteiger partial charge in [0.1, 0.15) is 16.9 Å². The lowest BCUT2D eigenvalue weighted by atomic mass is 10.1. The summed E-state index contributed by atoms with van der Waals surface area (Å²) in [7, 11) is 0. The van der Waals surface area contributed by atoms with Gasteiger partial charge in [-0.1, -0.05) is 0 Å². The Morgan fingerprint density at radius 2 is 1.94 bits per heavy atom. The number of imidazole rings is 1. The van der Waals surface area contributed by atoms with E-state index in [4.69, 9.17) is 4.98 Å². The molecule has 6 aromatic rings. The van der Waals surface area contributed by atoms with Gasteiger partial charge in [-0.25, -0.2) is 9.97 Å². The Kier molecular flexibility index (Phi) is 4.64. The summed E-state index contributed by atoms with van der Waals surface area (Å²) in [6.45, 7) is 0. The predicted octanol–water partition coefficient (Wildman–Crippen LogP) is 5.17. The minimum absolute atomic E-state index is 0.0312. The number of amides is 1. The zero-order valence-corrected chi connectivity index (χ0v) is 19.4. The van der Waals surface area contributed by atoms with Crippen LogP contribution in [0.4, 0.5) is 10.1 Å². The van der Waals surface area contributed by atoms with Crippen molar-refractivity contribution in [3.8, 4) is 33.2 Å². The molecule has 0 aliphatic heterocycles. The topological polar surface area (TPSA) is 125 Å². The average molecular weight is 497 g/mol. The molecule has 11 heteroatoms. The Morgan fingerprint density at radius 3 is 2.78 bits per heavy atom. The molecule has 0 unspecified atom stereocenters. The SMILES string of the molecule is O=C(Nc1cncc(-c2cnc3[nH]nc(-c4nc5c(-c6ccc(F)s6)nccc5[nH]4)c3c2)c1)C1CC1. The molecule has 176 valence electrons. The van der Waals surface area contributed by atoms with E-state index < -0.39 is 0 Å². The van der Waals surface area contributed by atoms with Gasteiger partial charge in [-0.3, -0.25) is 19.9 Å². The van der Waals surface area contributed by atoms with E-state index in [0.29, 0.717) is 38.9 Å². The van der Waals surface area contributed by atoms with Crippen molar-refractivity contribution in [2.75, 3.05) is 5.32 Å². The number of carbonyl (C=O) groups is 1. The third-order valence-electron chi connectivity index (χ3n) is 6.14. The highest BCUT2D eigenvalue weighted by Gasteiger charge is 2.29. The summed E-state index contributed by atoms with van der Waals surface area (Å²) in [6.07, 6.45) is 8.65. The van der Waals surface area contributed by atoms with E-state index in [1.165, 1.54) is 6.07 Å². The van der Waals surface area contributed by atoms with Crippen LogP contribution in [-0.4, -0.2) is 41.0 Å². The second-order valence-corrected chi connectivity index (χ2v) is 9.70. The highest BCUT2D eigenvalue weighted by molar-refractivity contribution is 7.13. The molecule has 1 saturated carbocycles.